The largest absolute Gasteiger partial charge is 0.352 e. The van der Waals surface area contributed by atoms with E-state index in [1.165, 1.54) is 51.7 Å². The normalized spacial score (nSPS) is 15.0. The molecule has 5 nitrogen and oxygen atoms in total. The third-order valence-corrected chi connectivity index (χ3v) is 5.75. The third kappa shape index (κ3) is 5.84. The highest BCUT2D eigenvalue weighted by atomic mass is 32.2. The first-order chi connectivity index (χ1) is 13.3. The molecule has 27 heavy (non-hydrogen) atoms. The van der Waals surface area contributed by atoms with Crippen molar-refractivity contribution in [2.45, 2.75) is 43.7 Å². The van der Waals surface area contributed by atoms with Crippen molar-refractivity contribution in [2.24, 2.45) is 0 Å². The molecular weight excluding hydrogens is 356 g/mol. The molecule has 0 radical (unpaired) electrons. The second-order valence-corrected chi connectivity index (χ2v) is 7.82. The minimum absolute atomic E-state index is 0.00769. The number of benzene rings is 1. The van der Waals surface area contributed by atoms with E-state index in [9.17, 15) is 4.79 Å². The fourth-order valence-electron chi connectivity index (χ4n) is 3.53. The molecule has 1 aliphatic heterocycles. The van der Waals surface area contributed by atoms with Gasteiger partial charge in [-0.2, -0.15) is 0 Å². The SMILES string of the molecule is CSc1nccn1-c1ccc(C(=O)NCCCCCN2CCCCC2)cc1. The number of unbranched alkanes of at least 4 members (excludes halogenated alkanes) is 2. The fraction of sp³-hybridized carbons (Fsp3) is 0.524. The highest BCUT2D eigenvalue weighted by molar-refractivity contribution is 7.98. The van der Waals surface area contributed by atoms with Crippen LogP contribution < -0.4 is 5.32 Å². The van der Waals surface area contributed by atoms with Crippen LogP contribution in [0, 0.1) is 0 Å². The van der Waals surface area contributed by atoms with Gasteiger partial charge in [0.15, 0.2) is 5.16 Å². The zero-order valence-electron chi connectivity index (χ0n) is 16.2. The number of thioether (sulfide) groups is 1. The Balaban J connectivity index is 1.37. The van der Waals surface area contributed by atoms with Gasteiger partial charge < -0.3 is 10.2 Å². The van der Waals surface area contributed by atoms with E-state index in [2.05, 4.69) is 15.2 Å². The second kappa shape index (κ2) is 10.5. The quantitative estimate of drug-likeness (QED) is 0.523. The summed E-state index contributed by atoms with van der Waals surface area (Å²) in [5.41, 5.74) is 1.73. The number of imidazole rings is 1. The molecule has 146 valence electrons. The molecule has 0 aliphatic carbocycles. The number of nitrogens with zero attached hydrogens (tertiary/aromatic N) is 3. The Morgan fingerprint density at radius 3 is 2.63 bits per heavy atom. The minimum atomic E-state index is 0.00769. The van der Waals surface area contributed by atoms with Crippen LogP contribution in [0.4, 0.5) is 0 Å². The monoisotopic (exact) mass is 386 g/mol. The lowest BCUT2D eigenvalue weighted by Gasteiger charge is -2.26. The molecule has 1 saturated heterocycles. The molecule has 2 heterocycles. The molecule has 1 N–H and O–H groups in total. The summed E-state index contributed by atoms with van der Waals surface area (Å²) in [5, 5.41) is 3.98. The molecule has 1 aromatic heterocycles. The Bertz CT molecular complexity index is 707. The Kier molecular flexibility index (Phi) is 7.78. The predicted octanol–water partition coefficient (Wildman–Crippen LogP) is 3.98. The van der Waals surface area contributed by atoms with Gasteiger partial charge in [0, 0.05) is 30.2 Å². The van der Waals surface area contributed by atoms with Gasteiger partial charge in [0.1, 0.15) is 0 Å². The van der Waals surface area contributed by atoms with Crippen LogP contribution in [0.2, 0.25) is 0 Å². The lowest BCUT2D eigenvalue weighted by molar-refractivity contribution is 0.0953. The molecule has 3 rings (SSSR count). The van der Waals surface area contributed by atoms with Gasteiger partial charge in [0.25, 0.3) is 5.91 Å². The van der Waals surface area contributed by atoms with Crippen molar-refractivity contribution < 1.29 is 4.79 Å². The summed E-state index contributed by atoms with van der Waals surface area (Å²) in [6.07, 6.45) is 13.3. The van der Waals surface area contributed by atoms with Gasteiger partial charge in [0.05, 0.1) is 0 Å². The highest BCUT2D eigenvalue weighted by Crippen LogP contribution is 2.18. The van der Waals surface area contributed by atoms with E-state index in [0.717, 1.165) is 23.8 Å². The summed E-state index contributed by atoms with van der Waals surface area (Å²) in [7, 11) is 0. The highest BCUT2D eigenvalue weighted by Gasteiger charge is 2.09. The van der Waals surface area contributed by atoms with Gasteiger partial charge in [-0.1, -0.05) is 24.6 Å². The van der Waals surface area contributed by atoms with Gasteiger partial charge in [-0.25, -0.2) is 4.98 Å². The van der Waals surface area contributed by atoms with Crippen molar-refractivity contribution in [2.75, 3.05) is 32.4 Å². The Morgan fingerprint density at radius 2 is 1.89 bits per heavy atom. The van der Waals surface area contributed by atoms with Crippen LogP contribution in [0.15, 0.2) is 41.8 Å². The molecule has 1 aromatic carbocycles. The molecule has 1 amide bonds. The maximum Gasteiger partial charge on any atom is 0.251 e. The molecular formula is C21H30N4OS. The lowest BCUT2D eigenvalue weighted by Crippen LogP contribution is -2.30. The maximum absolute atomic E-state index is 12.3. The van der Waals surface area contributed by atoms with Crippen LogP contribution in [-0.4, -0.2) is 52.8 Å². The van der Waals surface area contributed by atoms with E-state index >= 15 is 0 Å². The van der Waals surface area contributed by atoms with E-state index in [1.54, 1.807) is 18.0 Å². The number of rotatable bonds is 9. The molecule has 0 atom stereocenters. The number of piperidine rings is 1. The van der Waals surface area contributed by atoms with Crippen molar-refractivity contribution >= 4 is 17.7 Å². The summed E-state index contributed by atoms with van der Waals surface area (Å²) in [4.78, 5) is 19.2. The summed E-state index contributed by atoms with van der Waals surface area (Å²) in [6.45, 7) is 4.49. The van der Waals surface area contributed by atoms with Gasteiger partial charge >= 0.3 is 0 Å². The third-order valence-electron chi connectivity index (χ3n) is 5.08. The molecule has 0 unspecified atom stereocenters. The zero-order valence-corrected chi connectivity index (χ0v) is 17.0. The Morgan fingerprint density at radius 1 is 1.11 bits per heavy atom. The maximum atomic E-state index is 12.3. The van der Waals surface area contributed by atoms with Crippen LogP contribution in [0.5, 0.6) is 0 Å². The van der Waals surface area contributed by atoms with Gasteiger partial charge in [-0.3, -0.25) is 9.36 Å². The number of nitrogens with one attached hydrogen (secondary N) is 1. The number of carbonyl (C=O) groups is 1. The van der Waals surface area contributed by atoms with E-state index < -0.39 is 0 Å². The zero-order chi connectivity index (χ0) is 18.9. The van der Waals surface area contributed by atoms with E-state index in [1.807, 2.05) is 41.3 Å². The molecule has 0 bridgehead atoms. The number of likely N-dealkylation sites (tertiary alicyclic amines) is 1. The first kappa shape index (κ1) is 20.0. The average Bonchev–Trinajstić information content (AvgIpc) is 3.20. The lowest BCUT2D eigenvalue weighted by atomic mass is 10.1. The van der Waals surface area contributed by atoms with Crippen molar-refractivity contribution in [3.8, 4) is 5.69 Å². The number of aromatic nitrogens is 2. The molecule has 1 fully saturated rings. The van der Waals surface area contributed by atoms with Crippen LogP contribution >= 0.6 is 11.8 Å². The first-order valence-corrected chi connectivity index (χ1v) is 11.2. The van der Waals surface area contributed by atoms with Crippen molar-refractivity contribution in [3.63, 3.8) is 0 Å². The smallest absolute Gasteiger partial charge is 0.251 e. The van der Waals surface area contributed by atoms with Gasteiger partial charge in [-0.15, -0.1) is 0 Å². The molecule has 1 aliphatic rings. The first-order valence-electron chi connectivity index (χ1n) is 9.96. The predicted molar refractivity (Wildman–Crippen MR) is 112 cm³/mol. The fourth-order valence-corrected chi connectivity index (χ4v) is 4.06. The average molecular weight is 387 g/mol. The second-order valence-electron chi connectivity index (χ2n) is 7.05. The minimum Gasteiger partial charge on any atom is -0.352 e. The molecule has 2 aromatic rings. The van der Waals surface area contributed by atoms with Crippen molar-refractivity contribution in [1.82, 2.24) is 19.8 Å². The summed E-state index contributed by atoms with van der Waals surface area (Å²) < 4.78 is 2.02. The number of amides is 1. The van der Waals surface area contributed by atoms with E-state index in [-0.39, 0.29) is 5.91 Å². The topological polar surface area (TPSA) is 50.2 Å². The Labute approximate surface area is 166 Å². The molecule has 0 spiro atoms. The Hall–Kier alpha value is -1.79. The van der Waals surface area contributed by atoms with Crippen LogP contribution in [0.3, 0.4) is 0 Å². The van der Waals surface area contributed by atoms with Gasteiger partial charge in [0.2, 0.25) is 0 Å². The van der Waals surface area contributed by atoms with Crippen LogP contribution in [-0.2, 0) is 0 Å². The van der Waals surface area contributed by atoms with Crippen molar-refractivity contribution in [3.05, 3.63) is 42.2 Å². The van der Waals surface area contributed by atoms with Crippen molar-refractivity contribution in [1.29, 1.82) is 0 Å². The molecule has 6 heteroatoms. The summed E-state index contributed by atoms with van der Waals surface area (Å²) in [6, 6.07) is 7.69. The standard InChI is InChI=1S/C21H30N4OS/c1-27-21-23-13-17-25(21)19-10-8-18(9-11-19)20(26)22-12-4-2-5-14-24-15-6-3-7-16-24/h8-11,13,17H,2-7,12,14-16H2,1H3,(H,22,26). The van der Waals surface area contributed by atoms with Crippen LogP contribution in [0.25, 0.3) is 5.69 Å². The van der Waals surface area contributed by atoms with Gasteiger partial charge in [-0.05, 0) is 75.8 Å². The van der Waals surface area contributed by atoms with Crippen LogP contribution in [0.1, 0.15) is 48.9 Å². The number of hydrogen-bond donors (Lipinski definition) is 1. The summed E-state index contributed by atoms with van der Waals surface area (Å²) >= 11 is 1.60. The number of hydrogen-bond acceptors (Lipinski definition) is 4. The number of carbonyl (C=O) groups excluding carboxylic acids is 1. The van der Waals surface area contributed by atoms with E-state index in [0.29, 0.717) is 5.56 Å². The summed E-state index contributed by atoms with van der Waals surface area (Å²) in [5.74, 6) is 0.00769. The molecule has 0 saturated carbocycles. The van der Waals surface area contributed by atoms with E-state index in [4.69, 9.17) is 0 Å².